The lowest BCUT2D eigenvalue weighted by Gasteiger charge is -2.21. The molecule has 0 heterocycles. The second kappa shape index (κ2) is 5.27. The van der Waals surface area contributed by atoms with Crippen molar-refractivity contribution in [2.75, 3.05) is 19.0 Å². The van der Waals surface area contributed by atoms with Crippen LogP contribution in [0.2, 0.25) is 0 Å². The zero-order valence-corrected chi connectivity index (χ0v) is 10.8. The third kappa shape index (κ3) is 2.57. The zero-order valence-electron chi connectivity index (χ0n) is 9.87. The summed E-state index contributed by atoms with van der Waals surface area (Å²) in [5, 5.41) is 0.884. The summed E-state index contributed by atoms with van der Waals surface area (Å²) < 4.78 is 10.9. The largest absolute Gasteiger partial charge is 0.377 e. The van der Waals surface area contributed by atoms with Crippen LogP contribution in [0.3, 0.4) is 0 Å². The first kappa shape index (κ1) is 12.2. The van der Waals surface area contributed by atoms with Gasteiger partial charge in [-0.2, -0.15) is 0 Å². The molecule has 3 heteroatoms. The molecule has 0 amide bonds. The molecule has 0 radical (unpaired) electrons. The molecule has 1 aromatic rings. The van der Waals surface area contributed by atoms with Crippen molar-refractivity contribution in [1.29, 1.82) is 0 Å². The van der Waals surface area contributed by atoms with E-state index in [9.17, 15) is 4.57 Å². The van der Waals surface area contributed by atoms with Crippen molar-refractivity contribution in [1.82, 2.24) is 0 Å². The SMILES string of the molecule is CCc1cc(P=O)cc(CC)c1N(C)C. The number of anilines is 1. The van der Waals surface area contributed by atoms with Crippen LogP contribution in [0.1, 0.15) is 25.0 Å². The first-order valence-corrected chi connectivity index (χ1v) is 6.11. The average molecular weight is 223 g/mol. The summed E-state index contributed by atoms with van der Waals surface area (Å²) in [6.07, 6.45) is 1.95. The molecule has 1 aromatic carbocycles. The normalized spacial score (nSPS) is 10.7. The van der Waals surface area contributed by atoms with Crippen molar-refractivity contribution in [2.45, 2.75) is 26.7 Å². The van der Waals surface area contributed by atoms with E-state index >= 15 is 0 Å². The first-order chi connectivity index (χ1) is 7.13. The Morgan fingerprint density at radius 1 is 1.13 bits per heavy atom. The summed E-state index contributed by atoms with van der Waals surface area (Å²) >= 11 is 0. The number of aryl methyl sites for hydroxylation is 2. The van der Waals surface area contributed by atoms with Gasteiger partial charge in [0.25, 0.3) is 0 Å². The summed E-state index contributed by atoms with van der Waals surface area (Å²) in [5.41, 5.74) is 3.84. The topological polar surface area (TPSA) is 20.3 Å². The Kier molecular flexibility index (Phi) is 4.28. The van der Waals surface area contributed by atoms with Gasteiger partial charge in [0.1, 0.15) is 0 Å². The van der Waals surface area contributed by atoms with Gasteiger partial charge in [-0.05, 0) is 36.1 Å². The third-order valence-corrected chi connectivity index (χ3v) is 3.04. The highest BCUT2D eigenvalue weighted by molar-refractivity contribution is 7.34. The molecule has 0 aliphatic rings. The quantitative estimate of drug-likeness (QED) is 0.731. The molecule has 0 aliphatic heterocycles. The summed E-state index contributed by atoms with van der Waals surface area (Å²) in [7, 11) is 4.23. The molecule has 0 atom stereocenters. The number of benzene rings is 1. The van der Waals surface area contributed by atoms with Gasteiger partial charge in [0.15, 0.2) is 8.46 Å². The van der Waals surface area contributed by atoms with E-state index in [2.05, 4.69) is 32.8 Å². The van der Waals surface area contributed by atoms with Crippen LogP contribution >= 0.6 is 8.46 Å². The second-order valence-electron chi connectivity index (χ2n) is 3.81. The Hall–Kier alpha value is -0.880. The molecule has 1 rings (SSSR count). The van der Waals surface area contributed by atoms with Crippen molar-refractivity contribution >= 4 is 19.5 Å². The van der Waals surface area contributed by atoms with Crippen LogP contribution in [-0.2, 0) is 17.4 Å². The van der Waals surface area contributed by atoms with Crippen molar-refractivity contribution in [3.8, 4) is 0 Å². The molecule has 0 fully saturated rings. The van der Waals surface area contributed by atoms with E-state index in [4.69, 9.17) is 0 Å². The molecule has 2 nitrogen and oxygen atoms in total. The van der Waals surface area contributed by atoms with Gasteiger partial charge in [-0.1, -0.05) is 13.8 Å². The molecule has 0 aromatic heterocycles. The van der Waals surface area contributed by atoms with E-state index in [0.29, 0.717) is 0 Å². The molecule has 0 unspecified atom stereocenters. The molecular formula is C12H18NOP. The fourth-order valence-electron chi connectivity index (χ4n) is 1.91. The summed E-state index contributed by atoms with van der Waals surface area (Å²) in [6, 6.07) is 4.06. The minimum Gasteiger partial charge on any atom is -0.377 e. The average Bonchev–Trinajstić information content (AvgIpc) is 2.26. The highest BCUT2D eigenvalue weighted by Crippen LogP contribution is 2.25. The van der Waals surface area contributed by atoms with Crippen molar-refractivity contribution in [3.63, 3.8) is 0 Å². The van der Waals surface area contributed by atoms with Gasteiger partial charge in [-0.3, -0.25) is 4.57 Å². The maximum atomic E-state index is 10.9. The molecule has 0 aliphatic carbocycles. The summed E-state index contributed by atoms with van der Waals surface area (Å²) in [4.78, 5) is 2.14. The van der Waals surface area contributed by atoms with Gasteiger partial charge in [-0.15, -0.1) is 0 Å². The van der Waals surface area contributed by atoms with Crippen LogP contribution in [0.5, 0.6) is 0 Å². The van der Waals surface area contributed by atoms with Crippen LogP contribution < -0.4 is 10.2 Å². The van der Waals surface area contributed by atoms with Crippen LogP contribution in [0, 0.1) is 0 Å². The van der Waals surface area contributed by atoms with E-state index in [1.807, 2.05) is 12.1 Å². The lowest BCUT2D eigenvalue weighted by Crippen LogP contribution is -2.15. The van der Waals surface area contributed by atoms with Crippen LogP contribution in [0.25, 0.3) is 0 Å². The van der Waals surface area contributed by atoms with Gasteiger partial charge in [0.05, 0.1) is 0 Å². The van der Waals surface area contributed by atoms with Crippen molar-refractivity contribution in [2.24, 2.45) is 0 Å². The lowest BCUT2D eigenvalue weighted by atomic mass is 10.0. The third-order valence-electron chi connectivity index (χ3n) is 2.57. The summed E-state index contributed by atoms with van der Waals surface area (Å²) in [6.45, 7) is 4.26. The summed E-state index contributed by atoms with van der Waals surface area (Å²) in [5.74, 6) is 0. The molecule has 0 saturated carbocycles. The van der Waals surface area contributed by atoms with E-state index in [1.165, 1.54) is 16.8 Å². The molecule has 0 saturated heterocycles. The van der Waals surface area contributed by atoms with E-state index < -0.39 is 0 Å². The van der Waals surface area contributed by atoms with Gasteiger partial charge in [0, 0.05) is 25.1 Å². The Bertz CT molecular complexity index is 336. The zero-order chi connectivity index (χ0) is 11.4. The lowest BCUT2D eigenvalue weighted by molar-refractivity contribution is 0.603. The predicted octanol–water partition coefficient (Wildman–Crippen LogP) is 2.79. The molecule has 15 heavy (non-hydrogen) atoms. The van der Waals surface area contributed by atoms with Crippen LogP contribution in [-0.4, -0.2) is 14.1 Å². The first-order valence-electron chi connectivity index (χ1n) is 5.30. The molecule has 0 bridgehead atoms. The molecular weight excluding hydrogens is 205 g/mol. The molecule has 82 valence electrons. The maximum absolute atomic E-state index is 10.9. The molecule has 0 spiro atoms. The Morgan fingerprint density at radius 2 is 1.60 bits per heavy atom. The fourth-order valence-corrected chi connectivity index (χ4v) is 2.32. The second-order valence-corrected chi connectivity index (χ2v) is 4.50. The van der Waals surface area contributed by atoms with E-state index in [1.54, 1.807) is 0 Å². The fraction of sp³-hybridized carbons (Fsp3) is 0.500. The van der Waals surface area contributed by atoms with E-state index in [-0.39, 0.29) is 8.46 Å². The predicted molar refractivity (Wildman–Crippen MR) is 66.8 cm³/mol. The van der Waals surface area contributed by atoms with Gasteiger partial charge >= 0.3 is 0 Å². The van der Waals surface area contributed by atoms with Crippen molar-refractivity contribution < 1.29 is 4.57 Å². The minimum absolute atomic E-state index is 0.115. The van der Waals surface area contributed by atoms with Gasteiger partial charge < -0.3 is 4.90 Å². The highest BCUT2D eigenvalue weighted by atomic mass is 31.1. The van der Waals surface area contributed by atoms with E-state index in [0.717, 1.165) is 18.1 Å². The van der Waals surface area contributed by atoms with Crippen molar-refractivity contribution in [3.05, 3.63) is 23.3 Å². The minimum atomic E-state index is 0.115. The number of hydrogen-bond donors (Lipinski definition) is 0. The highest BCUT2D eigenvalue weighted by Gasteiger charge is 2.10. The van der Waals surface area contributed by atoms with Crippen LogP contribution in [0.15, 0.2) is 12.1 Å². The smallest absolute Gasteiger partial charge is 0.192 e. The number of nitrogens with zero attached hydrogens (tertiary/aromatic N) is 1. The number of hydrogen-bond acceptors (Lipinski definition) is 2. The Balaban J connectivity index is 3.39. The van der Waals surface area contributed by atoms with Crippen LogP contribution in [0.4, 0.5) is 5.69 Å². The maximum Gasteiger partial charge on any atom is 0.192 e. The Labute approximate surface area is 93.5 Å². The van der Waals surface area contributed by atoms with Gasteiger partial charge in [0.2, 0.25) is 0 Å². The Morgan fingerprint density at radius 3 is 1.87 bits per heavy atom. The number of rotatable bonds is 4. The molecule has 0 N–H and O–H groups in total. The standard InChI is InChI=1S/C12H18NOP/c1-5-9-7-11(15-14)8-10(6-2)12(9)13(3)4/h7-8H,5-6H2,1-4H3. The van der Waals surface area contributed by atoms with Gasteiger partial charge in [-0.25, -0.2) is 0 Å². The monoisotopic (exact) mass is 223 g/mol.